The van der Waals surface area contributed by atoms with Gasteiger partial charge in [0.1, 0.15) is 31.1 Å². The van der Waals surface area contributed by atoms with Gasteiger partial charge in [0.15, 0.2) is 17.7 Å². The molecule has 3 atom stereocenters. The lowest BCUT2D eigenvalue weighted by atomic mass is 9.99. The van der Waals surface area contributed by atoms with Gasteiger partial charge in [0.2, 0.25) is 0 Å². The Balaban J connectivity index is 1.27. The summed E-state index contributed by atoms with van der Waals surface area (Å²) in [6.07, 6.45) is -7.72. The molecule has 0 unspecified atom stereocenters. The molecule has 1 aliphatic rings. The minimum absolute atomic E-state index is 0.0913. The molecule has 1 fully saturated rings. The zero-order valence-corrected chi connectivity index (χ0v) is 24.1. The third-order valence-electron chi connectivity index (χ3n) is 7.11. The van der Waals surface area contributed by atoms with E-state index in [9.17, 15) is 27.7 Å². The minimum atomic E-state index is -4.82. The van der Waals surface area contributed by atoms with Crippen LogP contribution in [0.3, 0.4) is 0 Å². The molecule has 0 spiro atoms. The van der Waals surface area contributed by atoms with Gasteiger partial charge < -0.3 is 23.5 Å². The van der Waals surface area contributed by atoms with Gasteiger partial charge in [-0.15, -0.1) is 0 Å². The molecule has 3 aromatic carbocycles. The molecule has 14 heteroatoms. The summed E-state index contributed by atoms with van der Waals surface area (Å²) in [5.41, 5.74) is 2.23. The van der Waals surface area contributed by atoms with Crippen LogP contribution in [0, 0.1) is 4.91 Å². The van der Waals surface area contributed by atoms with Crippen LogP contribution in [0.1, 0.15) is 17.2 Å². The van der Waals surface area contributed by atoms with E-state index >= 15 is 0 Å². The van der Waals surface area contributed by atoms with Gasteiger partial charge in [0.25, 0.3) is 11.9 Å². The van der Waals surface area contributed by atoms with Crippen LogP contribution in [-0.4, -0.2) is 73.6 Å². The van der Waals surface area contributed by atoms with Crippen molar-refractivity contribution in [1.82, 2.24) is 9.88 Å². The van der Waals surface area contributed by atoms with Gasteiger partial charge in [-0.25, -0.2) is 9.69 Å². The lowest BCUT2D eigenvalue weighted by molar-refractivity contribution is -0.191. The molecule has 1 aromatic heterocycles. The third kappa shape index (κ3) is 7.76. The summed E-state index contributed by atoms with van der Waals surface area (Å²) in [5.74, 6) is -0.769. The standard InChI is InChI=1S/C31H29F3N4O7/c1-37(29-35-24-9-5-6-10-25(24)45-29)15-16-42-23-13-11-21(12-14-23)26(36-41)27(44-19-31(32,33)34)28(39)38-22(18-43-30(38)40)17-20-7-3-2-4-8-20/h2-14,22,26-27H,15-19H2,1H3/t22-,26+,27-/m0/s1. The van der Waals surface area contributed by atoms with E-state index < -0.39 is 43.0 Å². The highest BCUT2D eigenvalue weighted by Gasteiger charge is 2.46. The van der Waals surface area contributed by atoms with Gasteiger partial charge in [0, 0.05) is 7.05 Å². The number of hydrogen-bond acceptors (Lipinski definition) is 10. The number of carbonyl (C=O) groups is 2. The predicted molar refractivity (Wildman–Crippen MR) is 156 cm³/mol. The zero-order chi connectivity index (χ0) is 32.0. The Kier molecular flexibility index (Phi) is 9.62. The number of cyclic esters (lactones) is 1. The summed E-state index contributed by atoms with van der Waals surface area (Å²) >= 11 is 0. The van der Waals surface area contributed by atoms with Crippen molar-refractivity contribution in [1.29, 1.82) is 0 Å². The van der Waals surface area contributed by atoms with E-state index in [0.29, 0.717) is 28.8 Å². The molecule has 1 aliphatic heterocycles. The van der Waals surface area contributed by atoms with Gasteiger partial charge in [0.05, 0.1) is 12.6 Å². The Bertz CT molecular complexity index is 1580. The molecular weight excluding hydrogens is 597 g/mol. The lowest BCUT2D eigenvalue weighted by Gasteiger charge is -2.28. The topological polar surface area (TPSA) is 124 Å². The van der Waals surface area contributed by atoms with Crippen LogP contribution in [0.15, 0.2) is 88.5 Å². The van der Waals surface area contributed by atoms with Crippen LogP contribution >= 0.6 is 0 Å². The van der Waals surface area contributed by atoms with E-state index in [1.54, 1.807) is 42.3 Å². The molecule has 0 radical (unpaired) electrons. The number of halogens is 3. The number of imide groups is 1. The number of likely N-dealkylation sites (N-methyl/N-ethyl adjacent to an activating group) is 1. The maximum Gasteiger partial charge on any atom is 0.417 e. The molecule has 236 valence electrons. The number of hydrogen-bond donors (Lipinski definition) is 0. The second-order valence-corrected chi connectivity index (χ2v) is 10.3. The number of aromatic nitrogens is 1. The number of benzene rings is 3. The highest BCUT2D eigenvalue weighted by atomic mass is 19.4. The number of nitroso groups, excluding NO2 is 1. The largest absolute Gasteiger partial charge is 0.492 e. The predicted octanol–water partition coefficient (Wildman–Crippen LogP) is 5.69. The fraction of sp³-hybridized carbons (Fsp3) is 0.323. The smallest absolute Gasteiger partial charge is 0.417 e. The molecule has 0 bridgehead atoms. The van der Waals surface area contributed by atoms with Gasteiger partial charge in [-0.2, -0.15) is 23.1 Å². The van der Waals surface area contributed by atoms with E-state index in [0.717, 1.165) is 11.1 Å². The number of para-hydroxylation sites is 2. The number of amides is 2. The van der Waals surface area contributed by atoms with Crippen LogP contribution in [0.5, 0.6) is 5.75 Å². The SMILES string of the molecule is CN(CCOc1ccc([C@@H](N=O)[C@H](OCC(F)(F)F)C(=O)N2C(=O)OC[C@@H]2Cc2ccccc2)cc1)c1nc2ccccc2o1. The van der Waals surface area contributed by atoms with Gasteiger partial charge >= 0.3 is 12.3 Å². The Morgan fingerprint density at radius 1 is 1.09 bits per heavy atom. The summed E-state index contributed by atoms with van der Waals surface area (Å²) in [4.78, 5) is 45.1. The van der Waals surface area contributed by atoms with Crippen molar-refractivity contribution in [3.8, 4) is 5.75 Å². The molecule has 2 amide bonds. The van der Waals surface area contributed by atoms with E-state index in [4.69, 9.17) is 18.6 Å². The first-order valence-electron chi connectivity index (χ1n) is 14.0. The van der Waals surface area contributed by atoms with E-state index in [-0.39, 0.29) is 25.2 Å². The van der Waals surface area contributed by atoms with Crippen molar-refractivity contribution in [3.63, 3.8) is 0 Å². The van der Waals surface area contributed by atoms with E-state index in [2.05, 4.69) is 10.2 Å². The molecule has 0 aliphatic carbocycles. The molecular formula is C31H29F3N4O7. The Labute approximate surface area is 255 Å². The fourth-order valence-electron chi connectivity index (χ4n) is 4.86. The molecule has 1 saturated heterocycles. The highest BCUT2D eigenvalue weighted by molar-refractivity contribution is 5.96. The molecule has 0 N–H and O–H groups in total. The summed E-state index contributed by atoms with van der Waals surface area (Å²) in [5, 5.41) is 2.95. The van der Waals surface area contributed by atoms with Crippen LogP contribution in [0.4, 0.5) is 24.0 Å². The first kappa shape index (κ1) is 31.4. The number of carbonyl (C=O) groups excluding carboxylic acids is 2. The first-order valence-corrected chi connectivity index (χ1v) is 14.0. The van der Waals surface area contributed by atoms with Crippen LogP contribution in [0.25, 0.3) is 11.1 Å². The normalized spacial score (nSPS) is 16.3. The van der Waals surface area contributed by atoms with E-state index in [1.807, 2.05) is 24.3 Å². The van der Waals surface area contributed by atoms with E-state index in [1.165, 1.54) is 24.3 Å². The fourth-order valence-corrected chi connectivity index (χ4v) is 4.86. The third-order valence-corrected chi connectivity index (χ3v) is 7.11. The Hall–Kier alpha value is -4.98. The molecule has 5 rings (SSSR count). The number of alkyl halides is 3. The second-order valence-electron chi connectivity index (χ2n) is 10.3. The van der Waals surface area contributed by atoms with Crippen molar-refractivity contribution in [2.24, 2.45) is 5.18 Å². The summed E-state index contributed by atoms with van der Waals surface area (Å²) in [6.45, 7) is -1.38. The lowest BCUT2D eigenvalue weighted by Crippen LogP contribution is -2.48. The minimum Gasteiger partial charge on any atom is -0.492 e. The average Bonchev–Trinajstić information content (AvgIpc) is 3.63. The number of rotatable bonds is 13. The second kappa shape index (κ2) is 13.8. The number of oxazole rings is 1. The Morgan fingerprint density at radius 2 is 1.80 bits per heavy atom. The number of fused-ring (bicyclic) bond motifs is 1. The number of anilines is 1. The first-order chi connectivity index (χ1) is 21.6. The van der Waals surface area contributed by atoms with Crippen LogP contribution in [0.2, 0.25) is 0 Å². The van der Waals surface area contributed by atoms with Gasteiger partial charge in [-0.1, -0.05) is 59.8 Å². The highest BCUT2D eigenvalue weighted by Crippen LogP contribution is 2.31. The summed E-state index contributed by atoms with van der Waals surface area (Å²) < 4.78 is 61.0. The molecule has 0 saturated carbocycles. The summed E-state index contributed by atoms with van der Waals surface area (Å²) in [6, 6.07) is 19.9. The molecule has 45 heavy (non-hydrogen) atoms. The van der Waals surface area contributed by atoms with Gasteiger partial charge in [-0.05, 0) is 41.8 Å². The monoisotopic (exact) mass is 626 g/mol. The van der Waals surface area contributed by atoms with Gasteiger partial charge in [-0.3, -0.25) is 4.79 Å². The van der Waals surface area contributed by atoms with Crippen LogP contribution in [-0.2, 0) is 20.7 Å². The van der Waals surface area contributed by atoms with Crippen molar-refractivity contribution < 1.29 is 41.4 Å². The molecule has 2 heterocycles. The van der Waals surface area contributed by atoms with Crippen LogP contribution < -0.4 is 9.64 Å². The van der Waals surface area contributed by atoms with Crippen molar-refractivity contribution >= 4 is 29.1 Å². The quantitative estimate of drug-likeness (QED) is 0.172. The molecule has 4 aromatic rings. The van der Waals surface area contributed by atoms with Crippen molar-refractivity contribution in [3.05, 3.63) is 94.9 Å². The number of nitrogens with zero attached hydrogens (tertiary/aromatic N) is 4. The summed E-state index contributed by atoms with van der Waals surface area (Å²) in [7, 11) is 1.79. The maximum atomic E-state index is 13.6. The Morgan fingerprint density at radius 3 is 2.49 bits per heavy atom. The maximum absolute atomic E-state index is 13.6. The average molecular weight is 627 g/mol. The number of ether oxygens (including phenoxy) is 3. The van der Waals surface area contributed by atoms with Crippen molar-refractivity contribution in [2.75, 3.05) is 38.3 Å². The van der Waals surface area contributed by atoms with Crippen molar-refractivity contribution in [2.45, 2.75) is 30.8 Å². The zero-order valence-electron chi connectivity index (χ0n) is 24.1. The molecule has 11 nitrogen and oxygen atoms in total.